The van der Waals surface area contributed by atoms with Gasteiger partial charge in [0.15, 0.2) is 11.5 Å². The minimum Gasteiger partial charge on any atom is -0.493 e. The first-order valence-electron chi connectivity index (χ1n) is 12.2. The summed E-state index contributed by atoms with van der Waals surface area (Å²) in [6.45, 7) is 3.51. The van der Waals surface area contributed by atoms with Gasteiger partial charge in [0.1, 0.15) is 6.54 Å². The Morgan fingerprint density at radius 1 is 0.947 bits per heavy atom. The third kappa shape index (κ3) is 8.47. The van der Waals surface area contributed by atoms with Crippen molar-refractivity contribution in [3.05, 3.63) is 74.4 Å². The van der Waals surface area contributed by atoms with E-state index in [1.807, 2.05) is 55.5 Å². The van der Waals surface area contributed by atoms with Gasteiger partial charge < -0.3 is 29.3 Å². The molecule has 0 bridgehead atoms. The molecule has 0 aliphatic rings. The number of hydrogen-bond acceptors (Lipinski definition) is 6. The molecular weight excluding hydrogens is 570 g/mol. The number of aryl methyl sites for hydroxylation is 1. The van der Waals surface area contributed by atoms with Crippen LogP contribution in [0.5, 0.6) is 11.5 Å². The van der Waals surface area contributed by atoms with E-state index >= 15 is 0 Å². The largest absolute Gasteiger partial charge is 0.493 e. The Labute approximate surface area is 236 Å². The van der Waals surface area contributed by atoms with Crippen LogP contribution in [-0.2, 0) is 22.5 Å². The molecule has 2 aromatic carbocycles. The van der Waals surface area contributed by atoms with E-state index in [9.17, 15) is 9.59 Å². The molecule has 3 rings (SSSR count). The normalized spacial score (nSPS) is 10.7. The topological polar surface area (TPSA) is 80.3 Å². The summed E-state index contributed by atoms with van der Waals surface area (Å²) in [7, 11) is 4.77. The molecule has 0 fully saturated rings. The number of methoxy groups -OCH3 is 3. The summed E-state index contributed by atoms with van der Waals surface area (Å²) in [5, 5.41) is 2.89. The molecule has 38 heavy (non-hydrogen) atoms. The molecule has 0 spiro atoms. The highest BCUT2D eigenvalue weighted by molar-refractivity contribution is 9.10. The molecule has 0 aliphatic heterocycles. The fourth-order valence-corrected chi connectivity index (χ4v) is 5.11. The van der Waals surface area contributed by atoms with Crippen LogP contribution in [0.4, 0.5) is 10.5 Å². The molecule has 0 saturated carbocycles. The monoisotopic (exact) mass is 603 g/mol. The molecule has 8 nitrogen and oxygen atoms in total. The van der Waals surface area contributed by atoms with E-state index in [4.69, 9.17) is 14.2 Å². The summed E-state index contributed by atoms with van der Waals surface area (Å²) < 4.78 is 16.7. The fourth-order valence-electron chi connectivity index (χ4n) is 3.82. The molecule has 0 radical (unpaired) electrons. The van der Waals surface area contributed by atoms with E-state index in [-0.39, 0.29) is 25.0 Å². The van der Waals surface area contributed by atoms with Crippen LogP contribution in [0.25, 0.3) is 0 Å². The van der Waals surface area contributed by atoms with E-state index in [0.29, 0.717) is 43.3 Å². The second-order valence-electron chi connectivity index (χ2n) is 8.59. The van der Waals surface area contributed by atoms with Crippen LogP contribution in [0.1, 0.15) is 15.3 Å². The van der Waals surface area contributed by atoms with E-state index in [0.717, 1.165) is 14.9 Å². The third-order valence-corrected chi connectivity index (χ3v) is 7.58. The van der Waals surface area contributed by atoms with E-state index in [2.05, 4.69) is 21.2 Å². The van der Waals surface area contributed by atoms with Gasteiger partial charge in [-0.15, -0.1) is 11.3 Å². The highest BCUT2D eigenvalue weighted by Gasteiger charge is 2.23. The van der Waals surface area contributed by atoms with Crippen molar-refractivity contribution in [2.45, 2.75) is 19.9 Å². The molecule has 1 N–H and O–H groups in total. The zero-order valence-corrected chi connectivity index (χ0v) is 24.6. The average molecular weight is 605 g/mol. The van der Waals surface area contributed by atoms with Crippen molar-refractivity contribution >= 4 is 44.9 Å². The highest BCUT2D eigenvalue weighted by Crippen LogP contribution is 2.28. The Balaban J connectivity index is 1.76. The summed E-state index contributed by atoms with van der Waals surface area (Å²) in [5.74, 6) is 1.16. The van der Waals surface area contributed by atoms with E-state index < -0.39 is 0 Å². The molecule has 1 aromatic heterocycles. The quantitative estimate of drug-likeness (QED) is 0.275. The number of benzene rings is 2. The van der Waals surface area contributed by atoms with Gasteiger partial charge in [0.25, 0.3) is 0 Å². The number of nitrogens with one attached hydrogen (secondary N) is 1. The number of carbonyl (C=O) groups is 2. The summed E-state index contributed by atoms with van der Waals surface area (Å²) >= 11 is 5.11. The van der Waals surface area contributed by atoms with E-state index in [1.54, 1.807) is 43.6 Å². The molecule has 0 atom stereocenters. The van der Waals surface area contributed by atoms with Crippen LogP contribution >= 0.6 is 27.3 Å². The van der Waals surface area contributed by atoms with Gasteiger partial charge in [0.2, 0.25) is 5.91 Å². The number of hydrogen-bond donors (Lipinski definition) is 1. The lowest BCUT2D eigenvalue weighted by atomic mass is 10.1. The number of thiophene rings is 1. The zero-order chi connectivity index (χ0) is 27.5. The molecule has 0 saturated heterocycles. The first-order valence-corrected chi connectivity index (χ1v) is 13.8. The Morgan fingerprint density at radius 3 is 2.37 bits per heavy atom. The molecule has 3 aromatic rings. The maximum absolute atomic E-state index is 13.6. The number of rotatable bonds is 13. The summed E-state index contributed by atoms with van der Waals surface area (Å²) in [6.07, 6.45) is 0.623. The van der Waals surface area contributed by atoms with Gasteiger partial charge >= 0.3 is 6.03 Å². The second-order valence-corrected chi connectivity index (χ2v) is 10.8. The number of urea groups is 1. The van der Waals surface area contributed by atoms with Crippen molar-refractivity contribution in [1.82, 2.24) is 9.80 Å². The lowest BCUT2D eigenvalue weighted by Crippen LogP contribution is -2.46. The van der Waals surface area contributed by atoms with Gasteiger partial charge in [-0.25, -0.2) is 4.79 Å². The van der Waals surface area contributed by atoms with Crippen molar-refractivity contribution in [3.63, 3.8) is 0 Å². The summed E-state index contributed by atoms with van der Waals surface area (Å²) in [4.78, 5) is 32.3. The van der Waals surface area contributed by atoms with Crippen molar-refractivity contribution in [1.29, 1.82) is 0 Å². The van der Waals surface area contributed by atoms with Crippen molar-refractivity contribution in [3.8, 4) is 11.5 Å². The first kappa shape index (κ1) is 29.5. The van der Waals surface area contributed by atoms with Gasteiger partial charge in [-0.2, -0.15) is 0 Å². The molecule has 0 aliphatic carbocycles. The average Bonchev–Trinajstić information content (AvgIpc) is 3.34. The van der Waals surface area contributed by atoms with Crippen LogP contribution in [0.3, 0.4) is 0 Å². The lowest BCUT2D eigenvalue weighted by Gasteiger charge is -2.28. The Bertz CT molecular complexity index is 1220. The smallest absolute Gasteiger partial charge is 0.322 e. The molecule has 204 valence electrons. The zero-order valence-electron chi connectivity index (χ0n) is 22.2. The van der Waals surface area contributed by atoms with Crippen molar-refractivity contribution in [2.75, 3.05) is 52.9 Å². The number of halogens is 1. The van der Waals surface area contributed by atoms with Gasteiger partial charge in [-0.3, -0.25) is 4.79 Å². The molecule has 0 unspecified atom stereocenters. The summed E-state index contributed by atoms with van der Waals surface area (Å²) in [5.41, 5.74) is 1.65. The predicted molar refractivity (Wildman–Crippen MR) is 154 cm³/mol. The third-order valence-electron chi connectivity index (χ3n) is 5.91. The molecular formula is C28H34BrN3O5S. The Kier molecular flexibility index (Phi) is 11.4. The van der Waals surface area contributed by atoms with Gasteiger partial charge in [0.05, 0.1) is 33.1 Å². The predicted octanol–water partition coefficient (Wildman–Crippen LogP) is 5.59. The van der Waals surface area contributed by atoms with Crippen LogP contribution in [0.15, 0.2) is 59.1 Å². The minimum atomic E-state index is -0.367. The standard InChI is InChI=1S/C28H34BrN3O5S/c1-20-9-11-22(38-20)18-31(14-13-21-10-12-25(36-3)26(17-21)37-4)27(33)19-32(15-16-35-2)28(34)30-24-8-6-5-7-23(24)29/h5-12,17H,13-16,18-19H2,1-4H3,(H,30,34). The summed E-state index contributed by atoms with van der Waals surface area (Å²) in [6, 6.07) is 16.8. The number of ether oxygens (including phenoxy) is 3. The number of anilines is 1. The number of carbonyl (C=O) groups excluding carboxylic acids is 2. The van der Waals surface area contributed by atoms with Crippen molar-refractivity contribution < 1.29 is 23.8 Å². The Hall–Kier alpha value is -3.08. The van der Waals surface area contributed by atoms with Crippen molar-refractivity contribution in [2.24, 2.45) is 0 Å². The number of para-hydroxylation sites is 1. The lowest BCUT2D eigenvalue weighted by molar-refractivity contribution is -0.132. The van der Waals surface area contributed by atoms with Gasteiger partial charge in [-0.1, -0.05) is 18.2 Å². The minimum absolute atomic E-state index is 0.0735. The fraction of sp³-hybridized carbons (Fsp3) is 0.357. The van der Waals surface area contributed by atoms with E-state index in [1.165, 1.54) is 9.78 Å². The van der Waals surface area contributed by atoms with Gasteiger partial charge in [0, 0.05) is 34.4 Å². The molecule has 3 amide bonds. The maximum Gasteiger partial charge on any atom is 0.322 e. The SMILES string of the molecule is COCCN(CC(=O)N(CCc1ccc(OC)c(OC)c1)Cc1ccc(C)s1)C(=O)Nc1ccccc1Br. The first-order chi connectivity index (χ1) is 18.3. The highest BCUT2D eigenvalue weighted by atomic mass is 79.9. The second kappa shape index (κ2) is 14.8. The van der Waals surface area contributed by atoms with Crippen LogP contribution in [0.2, 0.25) is 0 Å². The van der Waals surface area contributed by atoms with Crippen LogP contribution < -0.4 is 14.8 Å². The van der Waals surface area contributed by atoms with Gasteiger partial charge in [-0.05, 0) is 71.2 Å². The molecule has 10 heteroatoms. The number of nitrogens with zero attached hydrogens (tertiary/aromatic N) is 2. The van der Waals surface area contributed by atoms with Crippen LogP contribution in [0, 0.1) is 6.92 Å². The molecule has 1 heterocycles. The number of amides is 3. The Morgan fingerprint density at radius 2 is 1.71 bits per heavy atom. The maximum atomic E-state index is 13.6. The van der Waals surface area contributed by atoms with Crippen LogP contribution in [-0.4, -0.2) is 69.3 Å².